The first-order valence-electron chi connectivity index (χ1n) is 12.1. The van der Waals surface area contributed by atoms with E-state index in [1.165, 1.54) is 38.5 Å². The lowest BCUT2D eigenvalue weighted by Gasteiger charge is -2.33. The summed E-state index contributed by atoms with van der Waals surface area (Å²) in [6, 6.07) is 6.40. The second-order valence-corrected chi connectivity index (χ2v) is 10.2. The normalized spacial score (nSPS) is 21.1. The van der Waals surface area contributed by atoms with Gasteiger partial charge in [-0.25, -0.2) is 4.98 Å². The molecule has 2 saturated heterocycles. The molecule has 1 atom stereocenters. The molecule has 0 aliphatic carbocycles. The van der Waals surface area contributed by atoms with Gasteiger partial charge in [0, 0.05) is 49.8 Å². The van der Waals surface area contributed by atoms with Crippen molar-refractivity contribution in [2.75, 3.05) is 40.9 Å². The summed E-state index contributed by atoms with van der Waals surface area (Å²) in [4.78, 5) is 21.6. The van der Waals surface area contributed by atoms with Gasteiger partial charge in [0.25, 0.3) is 0 Å². The van der Waals surface area contributed by atoms with Crippen LogP contribution in [0.4, 0.5) is 16.6 Å². The van der Waals surface area contributed by atoms with Gasteiger partial charge in [-0.05, 0) is 63.6 Å². The van der Waals surface area contributed by atoms with Gasteiger partial charge < -0.3 is 19.4 Å². The molecule has 2 fully saturated rings. The molecule has 3 aromatic heterocycles. The van der Waals surface area contributed by atoms with Crippen molar-refractivity contribution < 1.29 is 4.74 Å². The number of pyridine rings is 2. The van der Waals surface area contributed by atoms with Gasteiger partial charge in [-0.15, -0.1) is 0 Å². The molecule has 0 aromatic carbocycles. The van der Waals surface area contributed by atoms with Gasteiger partial charge in [0.2, 0.25) is 6.23 Å². The third-order valence-electron chi connectivity index (χ3n) is 6.78. The maximum absolute atomic E-state index is 6.07. The summed E-state index contributed by atoms with van der Waals surface area (Å²) in [5.41, 5.74) is 4.04. The Labute approximate surface area is 198 Å². The fourth-order valence-corrected chi connectivity index (χ4v) is 6.06. The van der Waals surface area contributed by atoms with Crippen LogP contribution in [0.25, 0.3) is 10.3 Å². The molecule has 1 unspecified atom stereocenters. The topological polar surface area (TPSA) is 57.6 Å². The van der Waals surface area contributed by atoms with E-state index in [1.807, 2.05) is 25.4 Å². The van der Waals surface area contributed by atoms with Crippen LogP contribution in [0.1, 0.15) is 56.0 Å². The quantitative estimate of drug-likeness (QED) is 0.516. The zero-order chi connectivity index (χ0) is 22.2. The van der Waals surface area contributed by atoms with Gasteiger partial charge in [0.15, 0.2) is 16.6 Å². The van der Waals surface area contributed by atoms with Crippen LogP contribution in [-0.4, -0.2) is 41.1 Å². The van der Waals surface area contributed by atoms with E-state index < -0.39 is 0 Å². The molecule has 0 spiro atoms. The number of thiazole rings is 1. The number of anilines is 3. The van der Waals surface area contributed by atoms with Crippen molar-refractivity contribution in [1.29, 1.82) is 0 Å². The number of aryl methyl sites for hydroxylation is 1. The molecule has 8 heteroatoms. The Bertz CT molecular complexity index is 1160. The number of hydrogen-bond acceptors (Lipinski definition) is 8. The van der Waals surface area contributed by atoms with Crippen LogP contribution < -0.4 is 14.7 Å². The van der Waals surface area contributed by atoms with Gasteiger partial charge >= 0.3 is 0 Å². The van der Waals surface area contributed by atoms with Gasteiger partial charge in [0.1, 0.15) is 6.26 Å². The third kappa shape index (κ3) is 4.01. The highest BCUT2D eigenvalue weighted by atomic mass is 32.1. The maximum Gasteiger partial charge on any atom is 0.202 e. The van der Waals surface area contributed by atoms with Crippen LogP contribution in [0.2, 0.25) is 0 Å². The molecule has 0 amide bonds. The standard InChI is InChI=1S/C25H30N6OS/c1-18-16-19(8-9-26-18)24-31(14-15-32-24)20-17-21-22(27-23(20)29-10-4-2-5-11-29)28-25(33-21)30-12-6-3-7-13-30/h8-9,14-17,24H,2-7,10-13H2,1H3. The summed E-state index contributed by atoms with van der Waals surface area (Å²) in [5, 5.41) is 1.11. The van der Waals surface area contributed by atoms with Crippen LogP contribution in [-0.2, 0) is 4.74 Å². The molecule has 7 nitrogen and oxygen atoms in total. The first kappa shape index (κ1) is 20.7. The number of hydrogen-bond donors (Lipinski definition) is 0. The lowest BCUT2D eigenvalue weighted by molar-refractivity contribution is 0.174. The zero-order valence-electron chi connectivity index (χ0n) is 19.1. The maximum atomic E-state index is 6.07. The molecule has 0 N–H and O–H groups in total. The summed E-state index contributed by atoms with van der Waals surface area (Å²) < 4.78 is 7.20. The number of ether oxygens (including phenoxy) is 1. The molecule has 3 aliphatic heterocycles. The summed E-state index contributed by atoms with van der Waals surface area (Å²) >= 11 is 1.76. The molecule has 6 rings (SSSR count). The molecule has 6 heterocycles. The Morgan fingerprint density at radius 3 is 2.45 bits per heavy atom. The fraction of sp³-hybridized carbons (Fsp3) is 0.480. The largest absolute Gasteiger partial charge is 0.472 e. The summed E-state index contributed by atoms with van der Waals surface area (Å²) in [6.07, 6.45) is 13.0. The minimum absolute atomic E-state index is 0.219. The van der Waals surface area contributed by atoms with Gasteiger partial charge in [-0.3, -0.25) is 4.98 Å². The molecule has 0 saturated carbocycles. The molecule has 3 aliphatic rings. The smallest absolute Gasteiger partial charge is 0.202 e. The summed E-state index contributed by atoms with van der Waals surface area (Å²) in [7, 11) is 0. The van der Waals surface area contributed by atoms with Crippen molar-refractivity contribution in [2.45, 2.75) is 51.7 Å². The average molecular weight is 463 g/mol. The number of rotatable bonds is 4. The summed E-state index contributed by atoms with van der Waals surface area (Å²) in [6.45, 7) is 6.27. The number of nitrogens with zero attached hydrogens (tertiary/aromatic N) is 6. The third-order valence-corrected chi connectivity index (χ3v) is 7.83. The minimum atomic E-state index is -0.219. The SMILES string of the molecule is Cc1cc(C2OC=CN2c2cc3sc(N4CCCCC4)nc3nc2N2CCCCC2)ccn1. The van der Waals surface area contributed by atoms with E-state index in [1.54, 1.807) is 17.6 Å². The second kappa shape index (κ2) is 8.82. The molecular formula is C25H30N6OS. The van der Waals surface area contributed by atoms with Crippen LogP contribution in [0.5, 0.6) is 0 Å². The number of fused-ring (bicyclic) bond motifs is 1. The van der Waals surface area contributed by atoms with Gasteiger partial charge in [-0.1, -0.05) is 11.3 Å². The second-order valence-electron chi connectivity index (χ2n) is 9.16. The van der Waals surface area contributed by atoms with Crippen LogP contribution in [0.3, 0.4) is 0 Å². The van der Waals surface area contributed by atoms with E-state index in [4.69, 9.17) is 14.7 Å². The van der Waals surface area contributed by atoms with Gasteiger partial charge in [-0.2, -0.15) is 4.98 Å². The monoisotopic (exact) mass is 462 g/mol. The minimum Gasteiger partial charge on any atom is -0.472 e. The van der Waals surface area contributed by atoms with E-state index in [0.29, 0.717) is 0 Å². The fourth-order valence-electron chi connectivity index (χ4n) is 5.07. The first-order chi connectivity index (χ1) is 16.3. The van der Waals surface area contributed by atoms with E-state index in [2.05, 4.69) is 31.8 Å². The number of piperidine rings is 2. The molecule has 3 aromatic rings. The Balaban J connectivity index is 1.43. The lowest BCUT2D eigenvalue weighted by Crippen LogP contribution is -2.32. The Morgan fingerprint density at radius 2 is 1.70 bits per heavy atom. The summed E-state index contributed by atoms with van der Waals surface area (Å²) in [5.74, 6) is 1.02. The zero-order valence-corrected chi connectivity index (χ0v) is 19.9. The highest BCUT2D eigenvalue weighted by Crippen LogP contribution is 2.42. The molecule has 172 valence electrons. The van der Waals surface area contributed by atoms with Crippen LogP contribution >= 0.6 is 11.3 Å². The van der Waals surface area contributed by atoms with Gasteiger partial charge in [0.05, 0.1) is 10.4 Å². The van der Waals surface area contributed by atoms with E-state index >= 15 is 0 Å². The van der Waals surface area contributed by atoms with Crippen LogP contribution in [0, 0.1) is 6.92 Å². The van der Waals surface area contributed by atoms with Crippen molar-refractivity contribution in [2.24, 2.45) is 0 Å². The Morgan fingerprint density at radius 1 is 0.939 bits per heavy atom. The highest BCUT2D eigenvalue weighted by molar-refractivity contribution is 7.22. The highest BCUT2D eigenvalue weighted by Gasteiger charge is 2.30. The molecule has 0 radical (unpaired) electrons. The van der Waals surface area contributed by atoms with Crippen molar-refractivity contribution in [3.8, 4) is 0 Å². The molecule has 0 bridgehead atoms. The van der Waals surface area contributed by atoms with Crippen molar-refractivity contribution in [1.82, 2.24) is 15.0 Å². The number of aromatic nitrogens is 3. The Kier molecular flexibility index (Phi) is 5.54. The Hall–Kier alpha value is -2.87. The van der Waals surface area contributed by atoms with Crippen LogP contribution in [0.15, 0.2) is 36.9 Å². The lowest BCUT2D eigenvalue weighted by atomic mass is 10.1. The van der Waals surface area contributed by atoms with E-state index in [-0.39, 0.29) is 6.23 Å². The molecule has 33 heavy (non-hydrogen) atoms. The average Bonchev–Trinajstić information content (AvgIpc) is 3.51. The predicted octanol–water partition coefficient (Wildman–Crippen LogP) is 5.38. The van der Waals surface area contributed by atoms with Crippen molar-refractivity contribution >= 4 is 38.3 Å². The molecular weight excluding hydrogens is 432 g/mol. The van der Waals surface area contributed by atoms with Crippen molar-refractivity contribution in [3.63, 3.8) is 0 Å². The van der Waals surface area contributed by atoms with E-state index in [9.17, 15) is 0 Å². The first-order valence-corrected chi connectivity index (χ1v) is 12.9. The van der Waals surface area contributed by atoms with Crippen molar-refractivity contribution in [3.05, 3.63) is 48.1 Å². The predicted molar refractivity (Wildman–Crippen MR) is 134 cm³/mol. The van der Waals surface area contributed by atoms with E-state index in [0.717, 1.165) is 64.4 Å².